The molecule has 0 unspecified atom stereocenters. The molecule has 4 fully saturated rings. The van der Waals surface area contributed by atoms with Crippen LogP contribution in [-0.2, 0) is 4.79 Å². The summed E-state index contributed by atoms with van der Waals surface area (Å²) in [5.74, 6) is -2.49. The highest BCUT2D eigenvalue weighted by Crippen LogP contribution is 2.81. The molecule has 3 amide bonds. The lowest BCUT2D eigenvalue weighted by atomic mass is 9.32. The number of carbonyl (C=O) groups is 2. The van der Waals surface area contributed by atoms with Crippen LogP contribution in [0.2, 0.25) is 5.02 Å². The SMILES string of the molecule is C[C@@H]1C(=O)NCCN1C(=O)N[C@@H](c1ccc(F)c(Cl)c1F)C12CC(C(F)(F)F)(C1)C2. The summed E-state index contributed by atoms with van der Waals surface area (Å²) in [6.07, 6.45) is -5.18. The van der Waals surface area contributed by atoms with Gasteiger partial charge in [-0.25, -0.2) is 13.6 Å². The van der Waals surface area contributed by atoms with Crippen LogP contribution in [0.1, 0.15) is 37.8 Å². The highest BCUT2D eigenvalue weighted by atomic mass is 35.5. The predicted molar refractivity (Wildman–Crippen MR) is 96.6 cm³/mol. The second-order valence-corrected chi connectivity index (χ2v) is 8.86. The summed E-state index contributed by atoms with van der Waals surface area (Å²) < 4.78 is 68.3. The molecule has 2 atom stereocenters. The summed E-state index contributed by atoms with van der Waals surface area (Å²) in [6.45, 7) is 1.93. The van der Waals surface area contributed by atoms with E-state index in [1.54, 1.807) is 0 Å². The number of benzene rings is 1. The number of nitrogens with one attached hydrogen (secondary N) is 2. The van der Waals surface area contributed by atoms with Crippen molar-refractivity contribution >= 4 is 23.5 Å². The van der Waals surface area contributed by atoms with Crippen molar-refractivity contribution in [3.8, 4) is 0 Å². The van der Waals surface area contributed by atoms with Gasteiger partial charge in [-0.2, -0.15) is 13.2 Å². The topological polar surface area (TPSA) is 61.4 Å². The lowest BCUT2D eigenvalue weighted by Gasteiger charge is -2.73. The van der Waals surface area contributed by atoms with Gasteiger partial charge in [0.25, 0.3) is 0 Å². The molecule has 1 aromatic rings. The van der Waals surface area contributed by atoms with E-state index >= 15 is 0 Å². The Morgan fingerprint density at radius 2 is 1.93 bits per heavy atom. The van der Waals surface area contributed by atoms with Crippen molar-refractivity contribution in [1.29, 1.82) is 0 Å². The van der Waals surface area contributed by atoms with Crippen molar-refractivity contribution in [3.05, 3.63) is 34.4 Å². The number of rotatable bonds is 3. The Balaban J connectivity index is 1.64. The Hall–Kier alpha value is -2.10. The summed E-state index contributed by atoms with van der Waals surface area (Å²) in [6, 6.07) is -0.621. The first-order valence-electron chi connectivity index (χ1n) is 9.46. The van der Waals surface area contributed by atoms with Crippen LogP contribution in [0.15, 0.2) is 12.1 Å². The van der Waals surface area contributed by atoms with E-state index < -0.39 is 51.8 Å². The molecule has 1 aliphatic heterocycles. The van der Waals surface area contributed by atoms with E-state index in [1.807, 2.05) is 0 Å². The Bertz CT molecular complexity index is 902. The second-order valence-electron chi connectivity index (χ2n) is 8.48. The zero-order chi connectivity index (χ0) is 22.1. The lowest BCUT2D eigenvalue weighted by Crippen LogP contribution is -2.72. The van der Waals surface area contributed by atoms with Crippen molar-refractivity contribution in [2.75, 3.05) is 13.1 Å². The Morgan fingerprint density at radius 1 is 1.30 bits per heavy atom. The molecule has 0 aromatic heterocycles. The fourth-order valence-electron chi connectivity index (χ4n) is 5.06. The highest BCUT2D eigenvalue weighted by Gasteiger charge is 2.80. The highest BCUT2D eigenvalue weighted by molar-refractivity contribution is 6.31. The quantitative estimate of drug-likeness (QED) is 0.540. The van der Waals surface area contributed by atoms with Gasteiger partial charge in [0.2, 0.25) is 5.91 Å². The third kappa shape index (κ3) is 2.94. The molecule has 3 aliphatic carbocycles. The van der Waals surface area contributed by atoms with E-state index in [-0.39, 0.29) is 43.8 Å². The van der Waals surface area contributed by atoms with Gasteiger partial charge in [0.1, 0.15) is 22.7 Å². The van der Waals surface area contributed by atoms with E-state index in [0.717, 1.165) is 12.1 Å². The molecule has 2 N–H and O–H groups in total. The van der Waals surface area contributed by atoms with Crippen LogP contribution in [0.4, 0.5) is 26.7 Å². The maximum Gasteiger partial charge on any atom is 0.394 e. The van der Waals surface area contributed by atoms with Gasteiger partial charge in [-0.3, -0.25) is 4.79 Å². The molecule has 1 heterocycles. The molecule has 1 saturated heterocycles. The van der Waals surface area contributed by atoms with E-state index in [9.17, 15) is 31.5 Å². The number of amides is 3. The van der Waals surface area contributed by atoms with Gasteiger partial charge in [0.05, 0.1) is 11.5 Å². The zero-order valence-corrected chi connectivity index (χ0v) is 16.6. The molecule has 164 valence electrons. The second kappa shape index (κ2) is 6.70. The van der Waals surface area contributed by atoms with Crippen LogP contribution < -0.4 is 10.6 Å². The number of hydrogen-bond donors (Lipinski definition) is 2. The van der Waals surface area contributed by atoms with Gasteiger partial charge < -0.3 is 15.5 Å². The molecule has 5 nitrogen and oxygen atoms in total. The molecule has 5 rings (SSSR count). The Kier molecular flexibility index (Phi) is 4.72. The number of halogens is 6. The lowest BCUT2D eigenvalue weighted by molar-refractivity contribution is -0.370. The van der Waals surface area contributed by atoms with Gasteiger partial charge in [-0.15, -0.1) is 0 Å². The minimum Gasteiger partial charge on any atom is -0.353 e. The third-order valence-corrected chi connectivity index (χ3v) is 7.04. The number of carbonyl (C=O) groups excluding carboxylic acids is 2. The number of alkyl halides is 3. The molecule has 0 radical (unpaired) electrons. The van der Waals surface area contributed by atoms with Crippen LogP contribution in [0.25, 0.3) is 0 Å². The third-order valence-electron chi connectivity index (χ3n) is 6.69. The normalized spacial score (nSPS) is 31.4. The molecule has 2 bridgehead atoms. The first-order chi connectivity index (χ1) is 13.9. The summed E-state index contributed by atoms with van der Waals surface area (Å²) >= 11 is 5.67. The molecule has 30 heavy (non-hydrogen) atoms. The standard InChI is InChI=1S/C19H19ClF5N3O2/c1-9-15(29)26-4-5-28(9)16(30)27-14(10-2-3-11(21)12(20)13(10)22)17-6-18(7-17,8-17)19(23,24)25/h2-3,9,14H,4-8H2,1H3,(H,26,29)(H,27,30)/t9-,14+,17?,18?/m1/s1. The van der Waals surface area contributed by atoms with Crippen molar-refractivity contribution in [1.82, 2.24) is 15.5 Å². The zero-order valence-electron chi connectivity index (χ0n) is 15.9. The minimum atomic E-state index is -4.39. The van der Waals surface area contributed by atoms with Gasteiger partial charge in [0.15, 0.2) is 0 Å². The number of piperazine rings is 1. The van der Waals surface area contributed by atoms with Crippen LogP contribution in [0, 0.1) is 22.5 Å². The maximum atomic E-state index is 14.8. The fraction of sp³-hybridized carbons (Fsp3) is 0.579. The fourth-order valence-corrected chi connectivity index (χ4v) is 5.24. The molecular weight excluding hydrogens is 433 g/mol. The van der Waals surface area contributed by atoms with Crippen LogP contribution in [-0.4, -0.2) is 42.1 Å². The monoisotopic (exact) mass is 451 g/mol. The number of hydrogen-bond acceptors (Lipinski definition) is 2. The van der Waals surface area contributed by atoms with E-state index in [4.69, 9.17) is 11.6 Å². The van der Waals surface area contributed by atoms with Crippen LogP contribution in [0.3, 0.4) is 0 Å². The molecule has 11 heteroatoms. The number of urea groups is 1. The van der Waals surface area contributed by atoms with Crippen LogP contribution in [0.5, 0.6) is 0 Å². The molecule has 3 saturated carbocycles. The van der Waals surface area contributed by atoms with Gasteiger partial charge in [-0.05, 0) is 37.7 Å². The van der Waals surface area contributed by atoms with Gasteiger partial charge in [0, 0.05) is 18.7 Å². The largest absolute Gasteiger partial charge is 0.394 e. The summed E-state index contributed by atoms with van der Waals surface area (Å²) in [5.41, 5.74) is -3.00. The average Bonchev–Trinajstić information content (AvgIpc) is 2.58. The van der Waals surface area contributed by atoms with E-state index in [0.29, 0.717) is 0 Å². The smallest absolute Gasteiger partial charge is 0.353 e. The first-order valence-corrected chi connectivity index (χ1v) is 9.84. The Morgan fingerprint density at radius 3 is 2.53 bits per heavy atom. The summed E-state index contributed by atoms with van der Waals surface area (Å²) in [7, 11) is 0. The minimum absolute atomic E-state index is 0.167. The molecule has 4 aliphatic rings. The van der Waals surface area contributed by atoms with Gasteiger partial charge in [-0.1, -0.05) is 17.7 Å². The number of nitrogens with zero attached hydrogens (tertiary/aromatic N) is 1. The van der Waals surface area contributed by atoms with Gasteiger partial charge >= 0.3 is 12.2 Å². The average molecular weight is 452 g/mol. The van der Waals surface area contributed by atoms with Crippen molar-refractivity contribution in [2.45, 2.75) is 44.4 Å². The molecular formula is C19H19ClF5N3O2. The van der Waals surface area contributed by atoms with E-state index in [2.05, 4.69) is 10.6 Å². The maximum absolute atomic E-state index is 14.8. The van der Waals surface area contributed by atoms with Crippen molar-refractivity contribution in [3.63, 3.8) is 0 Å². The van der Waals surface area contributed by atoms with E-state index in [1.165, 1.54) is 11.8 Å². The first kappa shape index (κ1) is 21.1. The Labute approximate surface area is 173 Å². The predicted octanol–water partition coefficient (Wildman–Crippen LogP) is 3.92. The molecule has 1 aromatic carbocycles. The van der Waals surface area contributed by atoms with Crippen molar-refractivity contribution in [2.24, 2.45) is 10.8 Å². The summed E-state index contributed by atoms with van der Waals surface area (Å²) in [5, 5.41) is 4.43. The van der Waals surface area contributed by atoms with Crippen molar-refractivity contribution < 1.29 is 31.5 Å². The summed E-state index contributed by atoms with van der Waals surface area (Å²) in [4.78, 5) is 25.9. The van der Waals surface area contributed by atoms with Crippen LogP contribution >= 0.6 is 11.6 Å². The molecule has 0 spiro atoms.